The number of benzene rings is 2. The van der Waals surface area contributed by atoms with Crippen molar-refractivity contribution in [2.45, 2.75) is 32.5 Å². The molecule has 0 saturated carbocycles. The summed E-state index contributed by atoms with van der Waals surface area (Å²) in [6.07, 6.45) is 3.41. The minimum Gasteiger partial charge on any atom is -0.376 e. The Labute approximate surface area is 215 Å². The van der Waals surface area contributed by atoms with Crippen LogP contribution < -0.4 is 10.6 Å². The summed E-state index contributed by atoms with van der Waals surface area (Å²) in [5.74, 6) is -0.835. The number of anilines is 2. The summed E-state index contributed by atoms with van der Waals surface area (Å²) in [7, 11) is 0. The Bertz CT molecular complexity index is 1210. The molecule has 0 aliphatic carbocycles. The summed E-state index contributed by atoms with van der Waals surface area (Å²) < 4.78 is 28.6. The van der Waals surface area contributed by atoms with E-state index in [0.717, 1.165) is 34.8 Å². The molecule has 0 radical (unpaired) electrons. The number of nitrogens with one attached hydrogen (secondary N) is 2. The van der Waals surface area contributed by atoms with E-state index in [9.17, 15) is 8.78 Å². The van der Waals surface area contributed by atoms with Crippen LogP contribution in [0.3, 0.4) is 0 Å². The molecule has 0 aliphatic heterocycles. The third-order valence-electron chi connectivity index (χ3n) is 5.60. The van der Waals surface area contributed by atoms with Gasteiger partial charge < -0.3 is 15.5 Å². The van der Waals surface area contributed by atoms with Crippen molar-refractivity contribution in [3.8, 4) is 11.3 Å². The molecule has 3 aromatic rings. The van der Waals surface area contributed by atoms with Crippen molar-refractivity contribution in [1.29, 1.82) is 0 Å². The summed E-state index contributed by atoms with van der Waals surface area (Å²) in [6.45, 7) is 11.6. The van der Waals surface area contributed by atoms with Gasteiger partial charge in [0.25, 0.3) is 0 Å². The van der Waals surface area contributed by atoms with Gasteiger partial charge in [-0.2, -0.15) is 0 Å². The second-order valence-electron chi connectivity index (χ2n) is 7.69. The van der Waals surface area contributed by atoms with Crippen molar-refractivity contribution in [3.05, 3.63) is 77.5 Å². The van der Waals surface area contributed by atoms with Gasteiger partial charge >= 0.3 is 0 Å². The number of rotatable bonds is 10. The van der Waals surface area contributed by atoms with Crippen LogP contribution in [0.5, 0.6) is 0 Å². The van der Waals surface area contributed by atoms with Crippen molar-refractivity contribution >= 4 is 40.5 Å². The highest BCUT2D eigenvalue weighted by atomic mass is 32.2. The molecular weight excluding hydrogens is 484 g/mol. The maximum atomic E-state index is 14.3. The lowest BCUT2D eigenvalue weighted by Crippen LogP contribution is -2.29. The van der Waals surface area contributed by atoms with Crippen LogP contribution in [-0.4, -0.2) is 39.2 Å². The van der Waals surface area contributed by atoms with Gasteiger partial charge in [-0.1, -0.05) is 48.8 Å². The van der Waals surface area contributed by atoms with Crippen LogP contribution in [0.25, 0.3) is 11.3 Å². The third kappa shape index (κ3) is 5.97. The smallest absolute Gasteiger partial charge is 0.189 e. The van der Waals surface area contributed by atoms with Crippen LogP contribution in [-0.2, 0) is 6.54 Å². The zero-order valence-electron chi connectivity index (χ0n) is 20.3. The molecule has 0 spiro atoms. The summed E-state index contributed by atoms with van der Waals surface area (Å²) in [4.78, 5) is 12.2. The number of para-hydroxylation sites is 1. The summed E-state index contributed by atoms with van der Waals surface area (Å²) in [5.41, 5.74) is 3.87. The minimum atomic E-state index is -0.672. The molecule has 0 saturated heterocycles. The molecule has 5 nitrogen and oxygen atoms in total. The molecule has 0 bridgehead atoms. The van der Waals surface area contributed by atoms with Crippen LogP contribution >= 0.6 is 24.0 Å². The Balaban J connectivity index is 2.17. The van der Waals surface area contributed by atoms with Gasteiger partial charge in [-0.25, -0.2) is 18.7 Å². The van der Waals surface area contributed by atoms with Crippen LogP contribution in [0, 0.1) is 18.6 Å². The average molecular weight is 514 g/mol. The van der Waals surface area contributed by atoms with Gasteiger partial charge in [0.05, 0.1) is 5.69 Å². The van der Waals surface area contributed by atoms with Crippen LogP contribution in [0.15, 0.2) is 54.3 Å². The molecule has 1 heterocycles. The lowest BCUT2D eigenvalue weighted by atomic mass is 9.98. The average Bonchev–Trinajstić information content (AvgIpc) is 2.85. The monoisotopic (exact) mass is 513 g/mol. The molecule has 0 aliphatic rings. The topological polar surface area (TPSA) is 53.1 Å². The third-order valence-corrected chi connectivity index (χ3v) is 6.64. The van der Waals surface area contributed by atoms with E-state index >= 15 is 0 Å². The first-order chi connectivity index (χ1) is 16.8. The van der Waals surface area contributed by atoms with Crippen molar-refractivity contribution in [1.82, 2.24) is 14.9 Å². The first kappa shape index (κ1) is 26.6. The molecule has 184 valence electrons. The molecule has 3 rings (SSSR count). The number of thioether (sulfide) groups is 1. The van der Waals surface area contributed by atoms with Crippen molar-refractivity contribution in [2.24, 2.45) is 0 Å². The Hall–Kier alpha value is -3.04. The van der Waals surface area contributed by atoms with Gasteiger partial charge in [0, 0.05) is 36.3 Å². The fourth-order valence-electron chi connectivity index (χ4n) is 3.71. The second-order valence-corrected chi connectivity index (χ2v) is 8.85. The van der Waals surface area contributed by atoms with E-state index in [-0.39, 0.29) is 12.2 Å². The molecule has 2 N–H and O–H groups in total. The zero-order chi connectivity index (χ0) is 25.5. The molecule has 2 aromatic carbocycles. The van der Waals surface area contributed by atoms with E-state index in [1.165, 1.54) is 36.2 Å². The van der Waals surface area contributed by atoms with E-state index in [2.05, 4.69) is 40.9 Å². The standard InChI is InChI=1S/C26H29F2N5S2/c1-6-29-24-19(15-30-23-20(27)10-9-11-21(23)28)22(31-26(32-24)35-5)18-14-17(13-12-16(18)4)25(34)33(7-2)8-3/h6,9-14,30H,1,7-8,15H2,2-5H3,(H,29,31,32). The summed E-state index contributed by atoms with van der Waals surface area (Å²) in [5, 5.41) is 6.51. The van der Waals surface area contributed by atoms with Gasteiger partial charge in [0.15, 0.2) is 5.16 Å². The quantitative estimate of drug-likeness (QED) is 0.179. The lowest BCUT2D eigenvalue weighted by Gasteiger charge is -2.23. The van der Waals surface area contributed by atoms with E-state index in [1.54, 1.807) is 0 Å². The lowest BCUT2D eigenvalue weighted by molar-refractivity contribution is 0.475. The summed E-state index contributed by atoms with van der Waals surface area (Å²) in [6, 6.07) is 9.79. The molecule has 0 unspecified atom stereocenters. The van der Waals surface area contributed by atoms with Crippen molar-refractivity contribution < 1.29 is 8.78 Å². The van der Waals surface area contributed by atoms with E-state index in [4.69, 9.17) is 17.2 Å². The molecule has 1 aromatic heterocycles. The largest absolute Gasteiger partial charge is 0.376 e. The second kappa shape index (κ2) is 12.1. The molecular formula is C26H29F2N5S2. The maximum Gasteiger partial charge on any atom is 0.189 e. The minimum absolute atomic E-state index is 0.0855. The number of aryl methyl sites for hydroxylation is 1. The molecule has 0 atom stereocenters. The first-order valence-electron chi connectivity index (χ1n) is 11.2. The normalized spacial score (nSPS) is 10.7. The number of thiocarbonyl (C=S) groups is 1. The van der Waals surface area contributed by atoms with Gasteiger partial charge in [0.2, 0.25) is 0 Å². The van der Waals surface area contributed by atoms with Crippen LogP contribution in [0.4, 0.5) is 20.3 Å². The number of nitrogens with zero attached hydrogens (tertiary/aromatic N) is 3. The Morgan fingerprint density at radius 1 is 1.14 bits per heavy atom. The first-order valence-corrected chi connectivity index (χ1v) is 12.9. The Morgan fingerprint density at radius 2 is 1.83 bits per heavy atom. The van der Waals surface area contributed by atoms with E-state index < -0.39 is 11.6 Å². The van der Waals surface area contributed by atoms with Gasteiger partial charge in [0.1, 0.15) is 28.1 Å². The number of halogens is 2. The summed E-state index contributed by atoms with van der Waals surface area (Å²) >= 11 is 7.16. The highest BCUT2D eigenvalue weighted by Crippen LogP contribution is 2.33. The van der Waals surface area contributed by atoms with Crippen LogP contribution in [0.2, 0.25) is 0 Å². The molecule has 9 heteroatoms. The molecule has 35 heavy (non-hydrogen) atoms. The number of aromatic nitrogens is 2. The molecule has 0 amide bonds. The van der Waals surface area contributed by atoms with Crippen molar-refractivity contribution in [2.75, 3.05) is 30.0 Å². The highest BCUT2D eigenvalue weighted by Gasteiger charge is 2.20. The highest BCUT2D eigenvalue weighted by molar-refractivity contribution is 7.98. The van der Waals surface area contributed by atoms with Crippen molar-refractivity contribution in [3.63, 3.8) is 0 Å². The van der Waals surface area contributed by atoms with Gasteiger partial charge in [-0.3, -0.25) is 0 Å². The Morgan fingerprint density at radius 3 is 2.43 bits per heavy atom. The van der Waals surface area contributed by atoms with E-state index in [1.807, 2.05) is 31.4 Å². The maximum absolute atomic E-state index is 14.3. The number of hydrogen-bond acceptors (Lipinski definition) is 6. The fourth-order valence-corrected chi connectivity index (χ4v) is 4.46. The SMILES string of the molecule is C=CNc1nc(SC)nc(-c2cc(C(=S)N(CC)CC)ccc2C)c1CNc1c(F)cccc1F. The Kier molecular flexibility index (Phi) is 9.17. The number of hydrogen-bond donors (Lipinski definition) is 2. The predicted molar refractivity (Wildman–Crippen MR) is 146 cm³/mol. The van der Waals surface area contributed by atoms with Crippen LogP contribution in [0.1, 0.15) is 30.5 Å². The predicted octanol–water partition coefficient (Wildman–Crippen LogP) is 6.64. The van der Waals surface area contributed by atoms with E-state index in [0.29, 0.717) is 22.2 Å². The van der Waals surface area contributed by atoms with Gasteiger partial charge in [-0.05, 0) is 57.0 Å². The van der Waals surface area contributed by atoms with Gasteiger partial charge in [-0.15, -0.1) is 0 Å². The zero-order valence-corrected chi connectivity index (χ0v) is 21.9. The molecule has 0 fully saturated rings. The fraction of sp³-hybridized carbons (Fsp3) is 0.269.